The normalized spacial score (nSPS) is 11.2. The third-order valence-corrected chi connectivity index (χ3v) is 2.92. The van der Waals surface area contributed by atoms with Gasteiger partial charge < -0.3 is 5.73 Å². The highest BCUT2D eigenvalue weighted by Crippen LogP contribution is 2.21. The number of anilines is 1. The summed E-state index contributed by atoms with van der Waals surface area (Å²) in [4.78, 5) is 9.46. The van der Waals surface area contributed by atoms with Gasteiger partial charge in [0, 0.05) is 25.2 Å². The van der Waals surface area contributed by atoms with Crippen LogP contribution in [0.1, 0.15) is 0 Å². The van der Waals surface area contributed by atoms with Gasteiger partial charge in [-0.1, -0.05) is 0 Å². The fraction of sp³-hybridized carbons (Fsp3) is 0.250. The van der Waals surface area contributed by atoms with Gasteiger partial charge in [-0.3, -0.25) is 14.8 Å². The number of benzene rings is 1. The quantitative estimate of drug-likeness (QED) is 0.496. The highest BCUT2D eigenvalue weighted by molar-refractivity contribution is 7.90. The van der Waals surface area contributed by atoms with Crippen molar-refractivity contribution in [2.24, 2.45) is 5.73 Å². The molecular formula is C8H11FN4O4S. The van der Waals surface area contributed by atoms with Crippen LogP contribution in [0.15, 0.2) is 18.2 Å². The predicted molar refractivity (Wildman–Crippen MR) is 62.7 cm³/mol. The molecule has 0 spiro atoms. The molecule has 0 saturated carbocycles. The topological polar surface area (TPSA) is 127 Å². The van der Waals surface area contributed by atoms with Gasteiger partial charge in [0.2, 0.25) is 5.82 Å². The van der Waals surface area contributed by atoms with Crippen molar-refractivity contribution in [1.29, 1.82) is 0 Å². The van der Waals surface area contributed by atoms with Crippen LogP contribution < -0.4 is 15.2 Å². The molecule has 0 atom stereocenters. The zero-order valence-electron chi connectivity index (χ0n) is 9.09. The van der Waals surface area contributed by atoms with Crippen LogP contribution in [0.3, 0.4) is 0 Å². The van der Waals surface area contributed by atoms with Crippen LogP contribution in [0.5, 0.6) is 0 Å². The van der Waals surface area contributed by atoms with Crippen molar-refractivity contribution in [2.45, 2.75) is 0 Å². The first kappa shape index (κ1) is 14.3. The molecule has 4 N–H and O–H groups in total. The third kappa shape index (κ3) is 3.91. The first-order valence-electron chi connectivity index (χ1n) is 4.77. The summed E-state index contributed by atoms with van der Waals surface area (Å²) in [5.41, 5.74) is 4.27. The molecule has 18 heavy (non-hydrogen) atoms. The zero-order chi connectivity index (χ0) is 13.8. The van der Waals surface area contributed by atoms with Crippen molar-refractivity contribution >= 4 is 21.6 Å². The fourth-order valence-corrected chi connectivity index (χ4v) is 2.00. The van der Waals surface area contributed by atoms with Gasteiger partial charge in [0.1, 0.15) is 0 Å². The number of hydrogen-bond acceptors (Lipinski definition) is 5. The minimum Gasteiger partial charge on any atom is -0.329 e. The Hall–Kier alpha value is -1.78. The van der Waals surface area contributed by atoms with Crippen molar-refractivity contribution in [2.75, 3.05) is 17.8 Å². The van der Waals surface area contributed by atoms with E-state index < -0.39 is 26.6 Å². The molecule has 100 valence electrons. The first-order chi connectivity index (χ1) is 8.35. The molecule has 0 aliphatic heterocycles. The summed E-state index contributed by atoms with van der Waals surface area (Å²) in [6.45, 7) is 0.125. The number of nitrogens with one attached hydrogen (secondary N) is 2. The predicted octanol–water partition coefficient (Wildman–Crippen LogP) is -0.0611. The van der Waals surface area contributed by atoms with E-state index in [1.54, 1.807) is 0 Å². The second-order valence-electron chi connectivity index (χ2n) is 3.21. The van der Waals surface area contributed by atoms with Crippen molar-refractivity contribution in [1.82, 2.24) is 4.72 Å². The molecule has 1 aromatic rings. The lowest BCUT2D eigenvalue weighted by Gasteiger charge is -2.08. The highest BCUT2D eigenvalue weighted by atomic mass is 32.2. The maximum Gasteiger partial charge on any atom is 0.304 e. The number of nitro groups is 1. The van der Waals surface area contributed by atoms with Crippen LogP contribution in [0.2, 0.25) is 0 Å². The average molecular weight is 278 g/mol. The Morgan fingerprint density at radius 3 is 2.61 bits per heavy atom. The maximum atomic E-state index is 13.2. The van der Waals surface area contributed by atoms with Crippen molar-refractivity contribution < 1.29 is 17.7 Å². The summed E-state index contributed by atoms with van der Waals surface area (Å²) in [7, 11) is -3.86. The zero-order valence-corrected chi connectivity index (χ0v) is 9.91. The number of nitro benzene ring substituents is 1. The summed E-state index contributed by atoms with van der Waals surface area (Å²) >= 11 is 0. The SMILES string of the molecule is NCCNS(=O)(=O)Nc1ccc([N+](=O)[O-])c(F)c1. The number of hydrogen-bond donors (Lipinski definition) is 3. The van der Waals surface area contributed by atoms with E-state index in [1.807, 2.05) is 4.72 Å². The Morgan fingerprint density at radius 2 is 2.11 bits per heavy atom. The molecule has 0 bridgehead atoms. The molecule has 0 aliphatic rings. The van der Waals surface area contributed by atoms with Gasteiger partial charge in [-0.15, -0.1) is 0 Å². The molecule has 0 saturated heterocycles. The lowest BCUT2D eigenvalue weighted by molar-refractivity contribution is -0.387. The summed E-state index contributed by atoms with van der Waals surface area (Å²) < 4.78 is 40.0. The maximum absolute atomic E-state index is 13.2. The van der Waals surface area contributed by atoms with E-state index in [2.05, 4.69) is 4.72 Å². The molecule has 8 nitrogen and oxygen atoms in total. The Kier molecular flexibility index (Phi) is 4.53. The van der Waals surface area contributed by atoms with E-state index in [4.69, 9.17) is 5.73 Å². The summed E-state index contributed by atoms with van der Waals surface area (Å²) in [5, 5.41) is 10.4. The molecule has 0 aliphatic carbocycles. The molecule has 1 aromatic carbocycles. The van der Waals surface area contributed by atoms with E-state index in [0.717, 1.165) is 18.2 Å². The van der Waals surface area contributed by atoms with Gasteiger partial charge in [-0.25, -0.2) is 0 Å². The largest absolute Gasteiger partial charge is 0.329 e. The standard InChI is InChI=1S/C8H11FN4O4S/c9-7-5-6(1-2-8(7)13(14)15)12-18(16,17)11-4-3-10/h1-2,5,11-12H,3-4,10H2. The van der Waals surface area contributed by atoms with Crippen LogP contribution in [0.4, 0.5) is 15.8 Å². The molecule has 10 heteroatoms. The average Bonchev–Trinajstić information content (AvgIpc) is 2.25. The number of halogens is 1. The lowest BCUT2D eigenvalue weighted by atomic mass is 10.3. The Morgan fingerprint density at radius 1 is 1.44 bits per heavy atom. The van der Waals surface area contributed by atoms with Gasteiger partial charge in [-0.05, 0) is 6.07 Å². The molecule has 0 aromatic heterocycles. The smallest absolute Gasteiger partial charge is 0.304 e. The van der Waals surface area contributed by atoms with E-state index in [0.29, 0.717) is 0 Å². The first-order valence-corrected chi connectivity index (χ1v) is 6.25. The van der Waals surface area contributed by atoms with Crippen LogP contribution in [0.25, 0.3) is 0 Å². The van der Waals surface area contributed by atoms with Gasteiger partial charge in [0.15, 0.2) is 0 Å². The van der Waals surface area contributed by atoms with E-state index in [1.165, 1.54) is 0 Å². The summed E-state index contributed by atoms with van der Waals surface area (Å²) in [6.07, 6.45) is 0. The molecule has 0 unspecified atom stereocenters. The Labute approximate surface area is 102 Å². The molecule has 0 radical (unpaired) electrons. The van der Waals surface area contributed by atoms with Gasteiger partial charge in [-0.2, -0.15) is 17.5 Å². The number of nitrogens with zero attached hydrogens (tertiary/aromatic N) is 1. The molecule has 1 rings (SSSR count). The van der Waals surface area contributed by atoms with Crippen LogP contribution >= 0.6 is 0 Å². The minimum absolute atomic E-state index is 0.0186. The second-order valence-corrected chi connectivity index (χ2v) is 4.71. The Balaban J connectivity index is 2.87. The fourth-order valence-electron chi connectivity index (χ4n) is 1.10. The van der Waals surface area contributed by atoms with Gasteiger partial charge in [0.05, 0.1) is 10.6 Å². The monoisotopic (exact) mass is 278 g/mol. The van der Waals surface area contributed by atoms with E-state index >= 15 is 0 Å². The van der Waals surface area contributed by atoms with Gasteiger partial charge >= 0.3 is 5.69 Å². The minimum atomic E-state index is -3.86. The molecule has 0 amide bonds. The van der Waals surface area contributed by atoms with E-state index in [-0.39, 0.29) is 18.8 Å². The highest BCUT2D eigenvalue weighted by Gasteiger charge is 2.16. The van der Waals surface area contributed by atoms with Crippen molar-refractivity contribution in [3.63, 3.8) is 0 Å². The lowest BCUT2D eigenvalue weighted by Crippen LogP contribution is -2.33. The molecular weight excluding hydrogens is 267 g/mol. The second kappa shape index (κ2) is 5.71. The van der Waals surface area contributed by atoms with Crippen LogP contribution in [-0.4, -0.2) is 26.4 Å². The van der Waals surface area contributed by atoms with Crippen molar-refractivity contribution in [3.05, 3.63) is 34.1 Å². The van der Waals surface area contributed by atoms with Crippen LogP contribution in [-0.2, 0) is 10.2 Å². The number of nitrogens with two attached hydrogens (primary N) is 1. The summed E-state index contributed by atoms with van der Waals surface area (Å²) in [6, 6.07) is 2.68. The number of rotatable bonds is 6. The molecule has 0 heterocycles. The van der Waals surface area contributed by atoms with E-state index in [9.17, 15) is 22.9 Å². The van der Waals surface area contributed by atoms with Crippen molar-refractivity contribution in [3.8, 4) is 0 Å². The summed E-state index contributed by atoms with van der Waals surface area (Å²) in [5.74, 6) is -1.13. The third-order valence-electron chi connectivity index (χ3n) is 1.83. The van der Waals surface area contributed by atoms with Gasteiger partial charge in [0.25, 0.3) is 10.2 Å². The van der Waals surface area contributed by atoms with Crippen LogP contribution in [0, 0.1) is 15.9 Å². The Bertz CT molecular complexity index is 548. The molecule has 0 fully saturated rings.